The number of hydrogen-bond acceptors (Lipinski definition) is 3. The number of benzene rings is 2. The summed E-state index contributed by atoms with van der Waals surface area (Å²) < 4.78 is 0. The highest BCUT2D eigenvalue weighted by Gasteiger charge is 2.39. The fraction of sp³-hybridized carbons (Fsp3) is 0.263. The summed E-state index contributed by atoms with van der Waals surface area (Å²) in [6, 6.07) is 18.5. The van der Waals surface area contributed by atoms with Crippen LogP contribution in [0.15, 0.2) is 60.7 Å². The van der Waals surface area contributed by atoms with Crippen LogP contribution >= 0.6 is 0 Å². The number of carbonyl (C=O) groups excluding carboxylic acids is 1. The van der Waals surface area contributed by atoms with Crippen molar-refractivity contribution in [3.8, 4) is 0 Å². The number of hydrogen-bond donors (Lipinski definition) is 2. The molecule has 6 heteroatoms. The molecule has 0 spiro atoms. The number of amides is 1. The summed E-state index contributed by atoms with van der Waals surface area (Å²) in [5, 5.41) is 9.97. The van der Waals surface area contributed by atoms with E-state index >= 15 is 0 Å². The molecule has 2 rings (SSSR count). The number of aliphatic hydroxyl groups is 1. The second-order valence-electron chi connectivity index (χ2n) is 6.00. The van der Waals surface area contributed by atoms with E-state index in [2.05, 4.69) is 4.79 Å². The highest BCUT2D eigenvalue weighted by atomic mass is 16.3. The van der Waals surface area contributed by atoms with E-state index < -0.39 is 17.7 Å². The predicted molar refractivity (Wildman–Crippen MR) is 95.3 cm³/mol. The molecule has 130 valence electrons. The smallest absolute Gasteiger partial charge is 0.344 e. The van der Waals surface area contributed by atoms with Gasteiger partial charge in [0.25, 0.3) is 0 Å². The summed E-state index contributed by atoms with van der Waals surface area (Å²) in [6.45, 7) is 1.83. The van der Waals surface area contributed by atoms with Gasteiger partial charge in [-0.2, -0.15) is 4.79 Å². The van der Waals surface area contributed by atoms with Crippen LogP contribution in [0.3, 0.4) is 0 Å². The molecule has 3 N–H and O–H groups in total. The zero-order valence-corrected chi connectivity index (χ0v) is 14.1. The molecule has 0 saturated carbocycles. The average molecular weight is 338 g/mol. The van der Waals surface area contributed by atoms with Crippen molar-refractivity contribution >= 4 is 12.1 Å². The number of aliphatic hydroxyl groups excluding tert-OH is 1. The van der Waals surface area contributed by atoms with Crippen LogP contribution in [0.1, 0.15) is 24.5 Å². The Morgan fingerprint density at radius 1 is 1.24 bits per heavy atom. The summed E-state index contributed by atoms with van der Waals surface area (Å²) in [4.78, 5) is 16.9. The monoisotopic (exact) mass is 338 g/mol. The summed E-state index contributed by atoms with van der Waals surface area (Å²) in [5.41, 5.74) is 15.7. The summed E-state index contributed by atoms with van der Waals surface area (Å²) in [5.74, 6) is -0.543. The Kier molecular flexibility index (Phi) is 6.19. The van der Waals surface area contributed by atoms with Crippen molar-refractivity contribution in [2.45, 2.75) is 31.7 Å². The van der Waals surface area contributed by atoms with E-state index in [1.807, 2.05) is 60.7 Å². The van der Waals surface area contributed by atoms with E-state index in [4.69, 9.17) is 11.3 Å². The van der Waals surface area contributed by atoms with Crippen molar-refractivity contribution in [1.29, 1.82) is 0 Å². The van der Waals surface area contributed by atoms with Gasteiger partial charge in [-0.15, -0.1) is 0 Å². The van der Waals surface area contributed by atoms with Gasteiger partial charge in [-0.25, -0.2) is 0 Å². The predicted octanol–water partition coefficient (Wildman–Crippen LogP) is 1.90. The third-order valence-corrected chi connectivity index (χ3v) is 3.98. The van der Waals surface area contributed by atoms with Gasteiger partial charge in [0, 0.05) is 13.0 Å². The molecule has 1 amide bonds. The quantitative estimate of drug-likeness (QED) is 0.349. The van der Waals surface area contributed by atoms with Crippen LogP contribution in [0.5, 0.6) is 0 Å². The van der Waals surface area contributed by atoms with E-state index in [-0.39, 0.29) is 13.0 Å². The molecule has 2 aromatic rings. The third kappa shape index (κ3) is 4.61. The molecule has 0 heterocycles. The number of carbonyl (C=O) groups is 1. The lowest BCUT2D eigenvalue weighted by Gasteiger charge is -2.41. The number of rotatable bonds is 7. The van der Waals surface area contributed by atoms with Crippen LogP contribution in [-0.4, -0.2) is 33.0 Å². The van der Waals surface area contributed by atoms with Crippen LogP contribution in [0.2, 0.25) is 0 Å². The lowest BCUT2D eigenvalue weighted by Crippen LogP contribution is -2.57. The average Bonchev–Trinajstić information content (AvgIpc) is 2.61. The van der Waals surface area contributed by atoms with Gasteiger partial charge in [-0.05, 0) is 18.1 Å². The topological polar surface area (TPSA) is 103 Å². The van der Waals surface area contributed by atoms with Crippen LogP contribution in [0.4, 0.5) is 0 Å². The van der Waals surface area contributed by atoms with Gasteiger partial charge in [0.2, 0.25) is 0 Å². The van der Waals surface area contributed by atoms with Crippen molar-refractivity contribution in [3.05, 3.63) is 77.3 Å². The fourth-order valence-corrected chi connectivity index (χ4v) is 2.86. The molecular formula is C19H22N4O2. The Morgan fingerprint density at radius 3 is 2.32 bits per heavy atom. The van der Waals surface area contributed by atoms with Crippen molar-refractivity contribution in [2.75, 3.05) is 0 Å². The van der Waals surface area contributed by atoms with Crippen LogP contribution < -0.4 is 5.73 Å². The van der Waals surface area contributed by atoms with Gasteiger partial charge < -0.3 is 21.3 Å². The van der Waals surface area contributed by atoms with Gasteiger partial charge in [0.05, 0.1) is 6.10 Å². The first-order chi connectivity index (χ1) is 12.0. The first-order valence-electron chi connectivity index (χ1n) is 8.03. The summed E-state index contributed by atoms with van der Waals surface area (Å²) >= 11 is 0. The Bertz CT molecular complexity index is 743. The third-order valence-electron chi connectivity index (χ3n) is 3.98. The molecule has 0 aliphatic heterocycles. The molecule has 0 fully saturated rings. The summed E-state index contributed by atoms with van der Waals surface area (Å²) in [6.07, 6.45) is 0.215. The molecule has 2 unspecified atom stereocenters. The van der Waals surface area contributed by atoms with Crippen LogP contribution in [0.25, 0.3) is 5.53 Å². The van der Waals surface area contributed by atoms with Crippen molar-refractivity contribution in [3.63, 3.8) is 0 Å². The van der Waals surface area contributed by atoms with E-state index in [0.29, 0.717) is 5.56 Å². The van der Waals surface area contributed by atoms with Gasteiger partial charge in [0.15, 0.2) is 0 Å². The second kappa shape index (κ2) is 8.35. The maximum atomic E-state index is 12.6. The SMILES string of the molecule is CC(O)CC(N)(c1ccccc1)N(Cc1ccccc1)C(=O)C=[N+]=[N-]. The minimum absolute atomic E-state index is 0.134. The standard InChI is InChI=1S/C19H22N4O2/c1-15(24)12-19(20,17-10-6-3-7-11-17)23(18(25)13-22-21)14-16-8-4-2-5-9-16/h2-11,13,15,24H,12,14,20H2,1H3. The van der Waals surface area contributed by atoms with E-state index in [9.17, 15) is 9.90 Å². The highest BCUT2D eigenvalue weighted by Crippen LogP contribution is 2.30. The molecule has 0 aliphatic carbocycles. The lowest BCUT2D eigenvalue weighted by atomic mass is 9.91. The molecule has 0 aromatic heterocycles. The Labute approximate surface area is 147 Å². The van der Waals surface area contributed by atoms with Crippen molar-refractivity contribution < 1.29 is 14.7 Å². The molecule has 6 nitrogen and oxygen atoms in total. The molecule has 0 aliphatic rings. The first-order valence-corrected chi connectivity index (χ1v) is 8.03. The molecule has 0 saturated heterocycles. The maximum absolute atomic E-state index is 12.6. The molecule has 0 radical (unpaired) electrons. The van der Waals surface area contributed by atoms with Crippen molar-refractivity contribution in [2.24, 2.45) is 5.73 Å². The Morgan fingerprint density at radius 2 is 1.80 bits per heavy atom. The summed E-state index contributed by atoms with van der Waals surface area (Å²) in [7, 11) is 0. The van der Waals surface area contributed by atoms with Crippen LogP contribution in [-0.2, 0) is 17.0 Å². The first kappa shape index (κ1) is 18.5. The lowest BCUT2D eigenvalue weighted by molar-refractivity contribution is -0.136. The normalized spacial score (nSPS) is 14.0. The number of nitrogens with two attached hydrogens (primary N) is 1. The molecule has 25 heavy (non-hydrogen) atoms. The van der Waals surface area contributed by atoms with Crippen molar-refractivity contribution in [1.82, 2.24) is 4.90 Å². The Balaban J connectivity index is 2.52. The van der Waals surface area contributed by atoms with Gasteiger partial charge in [-0.1, -0.05) is 60.7 Å². The molecule has 2 atom stereocenters. The Hall–Kier alpha value is -2.79. The van der Waals surface area contributed by atoms with Gasteiger partial charge in [-0.3, -0.25) is 4.79 Å². The minimum atomic E-state index is -1.26. The largest absolute Gasteiger partial charge is 0.393 e. The number of nitrogens with zero attached hydrogens (tertiary/aromatic N) is 3. The van der Waals surface area contributed by atoms with Gasteiger partial charge >= 0.3 is 12.1 Å². The molecule has 0 bridgehead atoms. The van der Waals surface area contributed by atoms with E-state index in [0.717, 1.165) is 11.8 Å². The van der Waals surface area contributed by atoms with E-state index in [1.54, 1.807) is 6.92 Å². The fourth-order valence-electron chi connectivity index (χ4n) is 2.86. The molecule has 2 aromatic carbocycles. The molecular weight excluding hydrogens is 316 g/mol. The van der Waals surface area contributed by atoms with Crippen LogP contribution in [0, 0.1) is 0 Å². The minimum Gasteiger partial charge on any atom is -0.393 e. The zero-order chi connectivity index (χ0) is 18.3. The van der Waals surface area contributed by atoms with Gasteiger partial charge in [0.1, 0.15) is 5.66 Å². The zero-order valence-electron chi connectivity index (χ0n) is 14.1. The maximum Gasteiger partial charge on any atom is 0.344 e. The second-order valence-corrected chi connectivity index (χ2v) is 6.00. The highest BCUT2D eigenvalue weighted by molar-refractivity contribution is 6.24. The van der Waals surface area contributed by atoms with E-state index in [1.165, 1.54) is 4.90 Å².